The zero-order chi connectivity index (χ0) is 21.3. The van der Waals surface area contributed by atoms with E-state index in [1.54, 1.807) is 20.5 Å². The van der Waals surface area contributed by atoms with E-state index < -0.39 is 0 Å². The summed E-state index contributed by atoms with van der Waals surface area (Å²) in [5, 5.41) is 1.19. The van der Waals surface area contributed by atoms with Crippen molar-refractivity contribution in [2.24, 2.45) is 11.8 Å². The highest BCUT2D eigenvalue weighted by atomic mass is 79.9. The molecular weight excluding hydrogens is 448 g/mol. The van der Waals surface area contributed by atoms with Crippen LogP contribution in [0.1, 0.15) is 37.1 Å². The molecule has 0 unspecified atom stereocenters. The van der Waals surface area contributed by atoms with Gasteiger partial charge < -0.3 is 19.2 Å². The van der Waals surface area contributed by atoms with Gasteiger partial charge in [0.25, 0.3) is 6.47 Å². The zero-order valence-corrected chi connectivity index (χ0v) is 19.3. The van der Waals surface area contributed by atoms with E-state index in [1.165, 1.54) is 16.6 Å². The Bertz CT molecular complexity index is 954. The molecule has 162 valence electrons. The van der Waals surface area contributed by atoms with E-state index in [0.717, 1.165) is 53.7 Å². The van der Waals surface area contributed by atoms with Gasteiger partial charge in [0.05, 0.1) is 31.0 Å². The first-order valence-electron chi connectivity index (χ1n) is 10.5. The lowest BCUT2D eigenvalue weighted by Crippen LogP contribution is -2.46. The first kappa shape index (κ1) is 21.2. The van der Waals surface area contributed by atoms with Gasteiger partial charge in [-0.15, -0.1) is 0 Å². The monoisotopic (exact) mass is 476 g/mol. The number of nitrogens with zero attached hydrogens (tertiary/aromatic N) is 1. The number of halogens is 1. The normalized spacial score (nSPS) is 24.3. The minimum Gasteiger partial charge on any atom is -0.504 e. The van der Waals surface area contributed by atoms with Gasteiger partial charge in [-0.2, -0.15) is 0 Å². The summed E-state index contributed by atoms with van der Waals surface area (Å²) in [6.07, 6.45) is 4.83. The van der Waals surface area contributed by atoms with Crippen LogP contribution in [0.2, 0.25) is 0 Å². The Hall–Kier alpha value is -1.99. The zero-order valence-electron chi connectivity index (χ0n) is 17.7. The first-order valence-corrected chi connectivity index (χ1v) is 11.3. The number of benzene rings is 1. The van der Waals surface area contributed by atoms with Crippen molar-refractivity contribution in [3.8, 4) is 5.75 Å². The van der Waals surface area contributed by atoms with Crippen LogP contribution in [0.4, 0.5) is 0 Å². The molecule has 0 spiro atoms. The second-order valence-electron chi connectivity index (χ2n) is 8.13. The van der Waals surface area contributed by atoms with E-state index in [0.29, 0.717) is 24.3 Å². The van der Waals surface area contributed by atoms with Crippen molar-refractivity contribution in [1.29, 1.82) is 0 Å². The van der Waals surface area contributed by atoms with Gasteiger partial charge in [-0.05, 0) is 58.3 Å². The van der Waals surface area contributed by atoms with Crippen LogP contribution in [0, 0.1) is 11.8 Å². The molecule has 0 aliphatic carbocycles. The molecule has 6 nitrogen and oxygen atoms in total. The van der Waals surface area contributed by atoms with Crippen molar-refractivity contribution in [2.75, 3.05) is 33.9 Å². The Morgan fingerprint density at radius 1 is 1.37 bits per heavy atom. The summed E-state index contributed by atoms with van der Waals surface area (Å²) in [5.74, 6) is 1.71. The number of piperidine rings is 1. The largest absolute Gasteiger partial charge is 0.504 e. The van der Waals surface area contributed by atoms with Crippen LogP contribution in [-0.2, 0) is 20.7 Å². The molecule has 1 saturated heterocycles. The van der Waals surface area contributed by atoms with E-state index in [-0.39, 0.29) is 6.61 Å². The molecule has 2 aliphatic rings. The average Bonchev–Trinajstić information content (AvgIpc) is 3.15. The van der Waals surface area contributed by atoms with Crippen molar-refractivity contribution in [3.05, 3.63) is 39.7 Å². The van der Waals surface area contributed by atoms with Gasteiger partial charge in [-0.1, -0.05) is 13.3 Å². The molecule has 0 bridgehead atoms. The highest BCUT2D eigenvalue weighted by Crippen LogP contribution is 2.47. The number of aromatic amines is 1. The van der Waals surface area contributed by atoms with Gasteiger partial charge in [0, 0.05) is 35.3 Å². The molecule has 0 amide bonds. The molecule has 1 aromatic heterocycles. The molecule has 4 rings (SSSR count). The van der Waals surface area contributed by atoms with Crippen molar-refractivity contribution < 1.29 is 19.0 Å². The van der Waals surface area contributed by atoms with Gasteiger partial charge >= 0.3 is 0 Å². The fourth-order valence-electron chi connectivity index (χ4n) is 5.38. The molecule has 1 fully saturated rings. The molecule has 30 heavy (non-hydrogen) atoms. The number of aromatic nitrogens is 1. The van der Waals surface area contributed by atoms with Crippen LogP contribution in [0.15, 0.2) is 28.4 Å². The summed E-state index contributed by atoms with van der Waals surface area (Å²) < 4.78 is 17.2. The maximum atomic E-state index is 10.8. The summed E-state index contributed by atoms with van der Waals surface area (Å²) in [6, 6.07) is 4.45. The summed E-state index contributed by atoms with van der Waals surface area (Å²) in [6.45, 7) is 5.11. The maximum absolute atomic E-state index is 10.8. The fourth-order valence-corrected chi connectivity index (χ4v) is 5.87. The molecule has 0 saturated carbocycles. The Labute approximate surface area is 185 Å². The van der Waals surface area contributed by atoms with Gasteiger partial charge in [0.15, 0.2) is 0 Å². The van der Waals surface area contributed by atoms with Crippen LogP contribution in [-0.4, -0.2) is 50.3 Å². The molecule has 2 aromatic rings. The maximum Gasteiger partial charge on any atom is 0.293 e. The summed E-state index contributed by atoms with van der Waals surface area (Å²) >= 11 is 3.63. The van der Waals surface area contributed by atoms with E-state index in [1.807, 2.05) is 6.07 Å². The summed E-state index contributed by atoms with van der Waals surface area (Å²) in [7, 11) is 3.38. The van der Waals surface area contributed by atoms with Gasteiger partial charge in [0.2, 0.25) is 0 Å². The lowest BCUT2D eigenvalue weighted by molar-refractivity contribution is -0.128. The number of carbonyl (C=O) groups is 1. The van der Waals surface area contributed by atoms with Crippen LogP contribution in [0.5, 0.6) is 5.75 Å². The van der Waals surface area contributed by atoms with Crippen LogP contribution in [0.25, 0.3) is 10.9 Å². The smallest absolute Gasteiger partial charge is 0.293 e. The summed E-state index contributed by atoms with van der Waals surface area (Å²) in [4.78, 5) is 17.1. The van der Waals surface area contributed by atoms with Gasteiger partial charge in [-0.25, -0.2) is 0 Å². The Kier molecular flexibility index (Phi) is 6.39. The Morgan fingerprint density at radius 2 is 2.20 bits per heavy atom. The Balaban J connectivity index is 1.74. The quantitative estimate of drug-likeness (QED) is 0.467. The second kappa shape index (κ2) is 9.02. The number of hydrogen-bond acceptors (Lipinski definition) is 5. The predicted molar refractivity (Wildman–Crippen MR) is 120 cm³/mol. The standard InChI is InChI=1S/C23H29BrN2O4/c1-4-14-10-26-8-7-16-21-19(6-5-18(24)23(21)29-3)25-22(16)20(26)9-17(14)15(11-28-2)12-30-13-27/h5-6,11,13-14,17,20,25H,4,7-10,12H2,1-3H3/b15-11-/t14-,17+,20+/m1/s1. The minimum atomic E-state index is 0.283. The SMILES string of the molecule is CC[C@@H]1CN2CCc3c([nH]c4ccc(Br)c(OC)c34)[C@@H]2C[C@@H]1/C(=C\OC)COC=O. The topological polar surface area (TPSA) is 63.8 Å². The fraction of sp³-hybridized carbons (Fsp3) is 0.522. The van der Waals surface area contributed by atoms with E-state index in [4.69, 9.17) is 14.2 Å². The molecule has 1 N–H and O–H groups in total. The highest BCUT2D eigenvalue weighted by molar-refractivity contribution is 9.10. The second-order valence-corrected chi connectivity index (χ2v) is 8.98. The molecule has 7 heteroatoms. The first-order chi connectivity index (χ1) is 14.6. The van der Waals surface area contributed by atoms with Crippen LogP contribution in [0.3, 0.4) is 0 Å². The third kappa shape index (κ3) is 3.62. The lowest BCUT2D eigenvalue weighted by atomic mass is 9.74. The predicted octanol–water partition coefficient (Wildman–Crippen LogP) is 4.59. The number of nitrogens with one attached hydrogen (secondary N) is 1. The molecule has 2 aliphatic heterocycles. The third-order valence-corrected chi connectivity index (χ3v) is 7.36. The number of ether oxygens (including phenoxy) is 3. The van der Waals surface area contributed by atoms with E-state index >= 15 is 0 Å². The van der Waals surface area contributed by atoms with E-state index in [9.17, 15) is 4.79 Å². The molecule has 0 radical (unpaired) electrons. The molecule has 1 aromatic carbocycles. The number of fused-ring (bicyclic) bond motifs is 5. The van der Waals surface area contributed by atoms with Gasteiger partial charge in [0.1, 0.15) is 12.4 Å². The summed E-state index contributed by atoms with van der Waals surface area (Å²) in [5.41, 5.74) is 4.83. The molecule has 3 atom stereocenters. The van der Waals surface area contributed by atoms with Crippen molar-refractivity contribution >= 4 is 33.3 Å². The number of rotatable bonds is 7. The van der Waals surface area contributed by atoms with Crippen molar-refractivity contribution in [2.45, 2.75) is 32.2 Å². The lowest BCUT2D eigenvalue weighted by Gasteiger charge is -2.46. The third-order valence-electron chi connectivity index (χ3n) is 6.74. The number of carbonyl (C=O) groups excluding carboxylic acids is 1. The Morgan fingerprint density at radius 3 is 2.90 bits per heavy atom. The van der Waals surface area contributed by atoms with Crippen molar-refractivity contribution in [3.63, 3.8) is 0 Å². The number of methoxy groups -OCH3 is 2. The average molecular weight is 477 g/mol. The minimum absolute atomic E-state index is 0.283. The van der Waals surface area contributed by atoms with Gasteiger partial charge in [-0.3, -0.25) is 9.69 Å². The molecular formula is C23H29BrN2O4. The number of H-pyrrole nitrogens is 1. The molecule has 3 heterocycles. The van der Waals surface area contributed by atoms with Crippen LogP contribution >= 0.6 is 15.9 Å². The van der Waals surface area contributed by atoms with Crippen LogP contribution < -0.4 is 4.74 Å². The highest BCUT2D eigenvalue weighted by Gasteiger charge is 2.41. The van der Waals surface area contributed by atoms with Crippen molar-refractivity contribution in [1.82, 2.24) is 9.88 Å². The van der Waals surface area contributed by atoms with E-state index in [2.05, 4.69) is 38.8 Å². The number of hydrogen-bond donors (Lipinski definition) is 1.